The fourth-order valence-electron chi connectivity index (χ4n) is 3.90. The van der Waals surface area contributed by atoms with Crippen molar-refractivity contribution in [3.8, 4) is 11.4 Å². The van der Waals surface area contributed by atoms with E-state index in [0.717, 1.165) is 22.3 Å². The van der Waals surface area contributed by atoms with Gasteiger partial charge in [0.05, 0.1) is 5.02 Å². The smallest absolute Gasteiger partial charge is 0.220 e. The maximum absolute atomic E-state index is 13.0. The van der Waals surface area contributed by atoms with Crippen LogP contribution < -0.4 is 5.32 Å². The Hall–Kier alpha value is -2.86. The van der Waals surface area contributed by atoms with Crippen molar-refractivity contribution < 1.29 is 14.4 Å². The van der Waals surface area contributed by atoms with E-state index in [2.05, 4.69) is 21.9 Å². The van der Waals surface area contributed by atoms with Crippen LogP contribution in [0.2, 0.25) is 5.02 Å². The third kappa shape index (κ3) is 4.65. The van der Waals surface area contributed by atoms with Crippen molar-refractivity contribution in [1.29, 1.82) is 0 Å². The van der Waals surface area contributed by atoms with Gasteiger partial charge in [-0.2, -0.15) is 0 Å². The molecule has 2 atom stereocenters. The summed E-state index contributed by atoms with van der Waals surface area (Å²) in [7, 11) is 0. The summed E-state index contributed by atoms with van der Waals surface area (Å²) < 4.78 is 0. The third-order valence-electron chi connectivity index (χ3n) is 5.24. The van der Waals surface area contributed by atoms with Crippen LogP contribution in [0, 0.1) is 19.8 Å². The minimum Gasteiger partial charge on any atom is -0.352 e. The van der Waals surface area contributed by atoms with Crippen molar-refractivity contribution in [2.75, 3.05) is 6.54 Å². The summed E-state index contributed by atoms with van der Waals surface area (Å²) in [5, 5.41) is 3.17. The molecule has 1 aliphatic carbocycles. The van der Waals surface area contributed by atoms with E-state index in [1.165, 1.54) is 12.4 Å². The number of nitrogens with one attached hydrogen (secondary N) is 1. The van der Waals surface area contributed by atoms with E-state index in [4.69, 9.17) is 11.6 Å². The summed E-state index contributed by atoms with van der Waals surface area (Å²) in [6, 6.07) is 3.75. The molecule has 1 saturated carbocycles. The first-order valence-electron chi connectivity index (χ1n) is 9.74. The molecule has 6 nitrogen and oxygen atoms in total. The highest BCUT2D eigenvalue weighted by atomic mass is 35.5. The highest BCUT2D eigenvalue weighted by Gasteiger charge is 2.43. The highest BCUT2D eigenvalue weighted by Crippen LogP contribution is 2.38. The quantitative estimate of drug-likeness (QED) is 0.562. The van der Waals surface area contributed by atoms with Gasteiger partial charge in [0.25, 0.3) is 0 Å². The lowest BCUT2D eigenvalue weighted by Crippen LogP contribution is -2.28. The van der Waals surface area contributed by atoms with E-state index in [1.54, 1.807) is 0 Å². The van der Waals surface area contributed by atoms with Crippen LogP contribution in [0.1, 0.15) is 42.4 Å². The van der Waals surface area contributed by atoms with Crippen LogP contribution in [0.5, 0.6) is 0 Å². The molecule has 1 N–H and O–H groups in total. The first-order valence-corrected chi connectivity index (χ1v) is 10.1. The van der Waals surface area contributed by atoms with Crippen LogP contribution in [-0.4, -0.2) is 34.0 Å². The minimum atomic E-state index is -0.830. The van der Waals surface area contributed by atoms with Crippen molar-refractivity contribution in [3.05, 3.63) is 58.4 Å². The molecule has 2 unspecified atom stereocenters. The summed E-state index contributed by atoms with van der Waals surface area (Å²) in [4.78, 5) is 46.4. The van der Waals surface area contributed by atoms with Crippen molar-refractivity contribution >= 4 is 29.1 Å². The van der Waals surface area contributed by atoms with Crippen molar-refractivity contribution in [3.63, 3.8) is 0 Å². The second kappa shape index (κ2) is 8.88. The van der Waals surface area contributed by atoms with E-state index >= 15 is 0 Å². The average molecular weight is 426 g/mol. The maximum atomic E-state index is 13.0. The summed E-state index contributed by atoms with van der Waals surface area (Å²) in [5.74, 6) is -1.47. The molecule has 1 amide bonds. The van der Waals surface area contributed by atoms with Crippen molar-refractivity contribution in [1.82, 2.24) is 15.3 Å². The lowest BCUT2D eigenvalue weighted by molar-refractivity contribution is -0.128. The number of Topliss-reactive ketones (excluding diaryl/α,β-unsaturated/α-hetero) is 2. The Labute approximate surface area is 180 Å². The third-order valence-corrected chi connectivity index (χ3v) is 5.43. The SMILES string of the molecule is C=C(C)CNC(=O)CC1CC(=O)C(c2c(C)cc(-c3ncc(Cl)cn3)cc2C)C1=O. The number of aromatic nitrogens is 2. The fraction of sp³-hybridized carbons (Fsp3) is 0.348. The van der Waals surface area contributed by atoms with Crippen LogP contribution in [-0.2, 0) is 14.4 Å². The van der Waals surface area contributed by atoms with Gasteiger partial charge in [0.15, 0.2) is 11.6 Å². The number of rotatable bonds is 6. The maximum Gasteiger partial charge on any atom is 0.220 e. The summed E-state index contributed by atoms with van der Waals surface area (Å²) in [5.41, 5.74) is 3.97. The standard InChI is InChI=1S/C23H24ClN3O3/c1-12(2)9-25-19(29)8-15-7-18(28)21(22(15)30)20-13(3)5-16(6-14(20)4)23-26-10-17(24)11-27-23/h5-6,10-11,15,21H,1,7-9H2,2-4H3,(H,25,29). The van der Waals surface area contributed by atoms with Gasteiger partial charge in [0, 0.05) is 43.3 Å². The van der Waals surface area contributed by atoms with Gasteiger partial charge in [-0.15, -0.1) is 0 Å². The van der Waals surface area contributed by atoms with Crippen LogP contribution >= 0.6 is 11.6 Å². The Bertz CT molecular complexity index is 1010. The highest BCUT2D eigenvalue weighted by molar-refractivity contribution is 6.30. The number of halogens is 1. The molecule has 1 aliphatic rings. The van der Waals surface area contributed by atoms with Crippen molar-refractivity contribution in [2.24, 2.45) is 5.92 Å². The first-order chi connectivity index (χ1) is 14.2. The number of aryl methyl sites for hydroxylation is 2. The number of hydrogen-bond donors (Lipinski definition) is 1. The largest absolute Gasteiger partial charge is 0.352 e. The number of carbonyl (C=O) groups excluding carboxylic acids is 3. The molecular weight excluding hydrogens is 402 g/mol. The molecule has 0 bridgehead atoms. The second-order valence-electron chi connectivity index (χ2n) is 7.89. The summed E-state index contributed by atoms with van der Waals surface area (Å²) >= 11 is 5.86. The number of benzene rings is 1. The van der Waals surface area contributed by atoms with E-state index in [1.807, 2.05) is 32.9 Å². The van der Waals surface area contributed by atoms with Crippen LogP contribution in [0.25, 0.3) is 11.4 Å². The molecule has 0 radical (unpaired) electrons. The molecule has 1 aromatic carbocycles. The van der Waals surface area contributed by atoms with Crippen LogP contribution in [0.15, 0.2) is 36.7 Å². The van der Waals surface area contributed by atoms with Gasteiger partial charge in [0.1, 0.15) is 11.7 Å². The molecule has 0 aliphatic heterocycles. The van der Waals surface area contributed by atoms with Gasteiger partial charge < -0.3 is 5.32 Å². The van der Waals surface area contributed by atoms with Gasteiger partial charge in [-0.05, 0) is 49.6 Å². The average Bonchev–Trinajstić information content (AvgIpc) is 2.94. The van der Waals surface area contributed by atoms with E-state index in [9.17, 15) is 14.4 Å². The van der Waals surface area contributed by atoms with Crippen molar-refractivity contribution in [2.45, 2.75) is 39.5 Å². The first kappa shape index (κ1) is 21.8. The molecule has 1 heterocycles. The fourth-order valence-corrected chi connectivity index (χ4v) is 4.00. The predicted octanol–water partition coefficient (Wildman–Crippen LogP) is 3.74. The van der Waals surface area contributed by atoms with Crippen LogP contribution in [0.4, 0.5) is 0 Å². The Morgan fingerprint density at radius 2 is 1.80 bits per heavy atom. The number of amides is 1. The normalized spacial score (nSPS) is 18.5. The summed E-state index contributed by atoms with van der Waals surface area (Å²) in [6.07, 6.45) is 3.15. The molecule has 156 valence electrons. The topological polar surface area (TPSA) is 89.0 Å². The van der Waals surface area contributed by atoms with E-state index < -0.39 is 11.8 Å². The minimum absolute atomic E-state index is 0.0170. The zero-order valence-electron chi connectivity index (χ0n) is 17.3. The van der Waals surface area contributed by atoms with Gasteiger partial charge in [0.2, 0.25) is 5.91 Å². The van der Waals surface area contributed by atoms with Gasteiger partial charge in [-0.1, -0.05) is 23.8 Å². The van der Waals surface area contributed by atoms with Crippen LogP contribution in [0.3, 0.4) is 0 Å². The molecular formula is C23H24ClN3O3. The Morgan fingerprint density at radius 3 is 2.37 bits per heavy atom. The molecule has 3 rings (SSSR count). The molecule has 0 saturated heterocycles. The van der Waals surface area contributed by atoms with Gasteiger partial charge in [-0.25, -0.2) is 9.97 Å². The molecule has 7 heteroatoms. The Balaban J connectivity index is 1.83. The molecule has 2 aromatic rings. The van der Waals surface area contributed by atoms with Gasteiger partial charge in [-0.3, -0.25) is 14.4 Å². The number of carbonyl (C=O) groups is 3. The molecule has 30 heavy (non-hydrogen) atoms. The Morgan fingerprint density at radius 1 is 1.20 bits per heavy atom. The molecule has 0 spiro atoms. The number of nitrogens with zero attached hydrogens (tertiary/aromatic N) is 2. The van der Waals surface area contributed by atoms with Gasteiger partial charge >= 0.3 is 0 Å². The lowest BCUT2D eigenvalue weighted by Gasteiger charge is -2.17. The lowest BCUT2D eigenvalue weighted by atomic mass is 9.86. The molecule has 1 fully saturated rings. The Kier molecular flexibility index (Phi) is 6.46. The number of ketones is 2. The monoisotopic (exact) mass is 425 g/mol. The van der Waals surface area contributed by atoms with E-state index in [-0.39, 0.29) is 30.3 Å². The summed E-state index contributed by atoms with van der Waals surface area (Å²) in [6.45, 7) is 9.65. The zero-order chi connectivity index (χ0) is 22.0. The second-order valence-corrected chi connectivity index (χ2v) is 8.33. The zero-order valence-corrected chi connectivity index (χ0v) is 18.0. The number of hydrogen-bond acceptors (Lipinski definition) is 5. The molecule has 1 aromatic heterocycles. The predicted molar refractivity (Wildman–Crippen MR) is 115 cm³/mol. The van der Waals surface area contributed by atoms with E-state index in [0.29, 0.717) is 23.0 Å².